The van der Waals surface area contributed by atoms with Gasteiger partial charge in [-0.25, -0.2) is 9.37 Å². The summed E-state index contributed by atoms with van der Waals surface area (Å²) in [7, 11) is 0. The molecule has 2 aromatic rings. The van der Waals surface area contributed by atoms with Crippen LogP contribution in [0.15, 0.2) is 34.2 Å². The molecule has 29 heavy (non-hydrogen) atoms. The minimum absolute atomic E-state index is 0.0185. The van der Waals surface area contributed by atoms with Gasteiger partial charge in [0.15, 0.2) is 11.0 Å². The highest BCUT2D eigenvalue weighted by atomic mass is 32.2. The van der Waals surface area contributed by atoms with Crippen molar-refractivity contribution in [2.75, 3.05) is 29.9 Å². The fourth-order valence-corrected chi connectivity index (χ4v) is 3.80. The molecule has 154 valence electrons. The molecule has 0 aliphatic carbocycles. The Balaban J connectivity index is 1.66. The summed E-state index contributed by atoms with van der Waals surface area (Å²) in [5.74, 6) is -1.62. The lowest BCUT2D eigenvalue weighted by Gasteiger charge is -2.19. The lowest BCUT2D eigenvalue weighted by molar-refractivity contribution is -0.128. The van der Waals surface area contributed by atoms with Crippen LogP contribution in [-0.2, 0) is 4.79 Å². The molecular formula is C19H22FN5O3S. The van der Waals surface area contributed by atoms with Gasteiger partial charge >= 0.3 is 0 Å². The van der Waals surface area contributed by atoms with E-state index in [4.69, 9.17) is 5.73 Å². The maximum Gasteiger partial charge on any atom is 0.277 e. The summed E-state index contributed by atoms with van der Waals surface area (Å²) < 4.78 is 13.7. The predicted molar refractivity (Wildman–Crippen MR) is 109 cm³/mol. The van der Waals surface area contributed by atoms with Crippen LogP contribution in [0.25, 0.3) is 0 Å². The van der Waals surface area contributed by atoms with E-state index in [0.29, 0.717) is 0 Å². The molecular weight excluding hydrogens is 397 g/mol. The zero-order valence-electron chi connectivity index (χ0n) is 15.7. The van der Waals surface area contributed by atoms with Crippen LogP contribution in [-0.4, -0.2) is 45.5 Å². The maximum atomic E-state index is 13.7. The third-order valence-electron chi connectivity index (χ3n) is 4.57. The molecule has 2 heterocycles. The maximum absolute atomic E-state index is 13.7. The van der Waals surface area contributed by atoms with Crippen LogP contribution >= 0.6 is 11.8 Å². The monoisotopic (exact) mass is 419 g/mol. The van der Waals surface area contributed by atoms with E-state index in [1.165, 1.54) is 18.2 Å². The van der Waals surface area contributed by atoms with Gasteiger partial charge in [-0.3, -0.25) is 19.4 Å². The Morgan fingerprint density at radius 1 is 1.21 bits per heavy atom. The van der Waals surface area contributed by atoms with Crippen LogP contribution in [0.4, 0.5) is 15.9 Å². The number of likely N-dealkylation sites (tertiary alicyclic amines) is 1. The van der Waals surface area contributed by atoms with Gasteiger partial charge in [0.2, 0.25) is 5.91 Å². The summed E-state index contributed by atoms with van der Waals surface area (Å²) in [6, 6.07) is 5.39. The van der Waals surface area contributed by atoms with E-state index in [0.717, 1.165) is 56.6 Å². The van der Waals surface area contributed by atoms with Crippen molar-refractivity contribution >= 4 is 35.1 Å². The molecule has 8 nitrogen and oxygen atoms in total. The number of anilines is 2. The van der Waals surface area contributed by atoms with Gasteiger partial charge in [-0.1, -0.05) is 36.7 Å². The van der Waals surface area contributed by atoms with Crippen LogP contribution in [0.2, 0.25) is 0 Å². The number of carbonyl (C=O) groups is 2. The third-order valence-corrected chi connectivity index (χ3v) is 5.43. The zero-order chi connectivity index (χ0) is 20.8. The number of H-pyrrole nitrogens is 1. The number of thioether (sulfide) groups is 1. The third kappa shape index (κ3) is 5.35. The van der Waals surface area contributed by atoms with Crippen molar-refractivity contribution in [3.05, 3.63) is 46.0 Å². The predicted octanol–water partition coefficient (Wildman–Crippen LogP) is 2.24. The molecule has 1 aliphatic heterocycles. The quantitative estimate of drug-likeness (QED) is 0.505. The number of aromatic nitrogens is 2. The van der Waals surface area contributed by atoms with E-state index in [9.17, 15) is 18.8 Å². The van der Waals surface area contributed by atoms with E-state index in [-0.39, 0.29) is 33.9 Å². The molecule has 1 aliphatic rings. The van der Waals surface area contributed by atoms with Gasteiger partial charge in [-0.2, -0.15) is 0 Å². The largest absolute Gasteiger partial charge is 0.382 e. The van der Waals surface area contributed by atoms with Crippen LogP contribution in [0.3, 0.4) is 0 Å². The van der Waals surface area contributed by atoms with Gasteiger partial charge in [0.1, 0.15) is 11.5 Å². The molecule has 1 aromatic carbocycles. The number of hydrogen-bond donors (Lipinski definition) is 3. The van der Waals surface area contributed by atoms with E-state index >= 15 is 0 Å². The van der Waals surface area contributed by atoms with Crippen molar-refractivity contribution in [1.29, 1.82) is 0 Å². The Bertz CT molecular complexity index is 957. The van der Waals surface area contributed by atoms with Gasteiger partial charge in [0, 0.05) is 13.1 Å². The van der Waals surface area contributed by atoms with E-state index in [1.54, 1.807) is 0 Å². The van der Waals surface area contributed by atoms with Crippen LogP contribution in [0.1, 0.15) is 36.0 Å². The lowest BCUT2D eigenvalue weighted by Crippen LogP contribution is -2.33. The Kier molecular flexibility index (Phi) is 6.86. The molecule has 10 heteroatoms. The topological polar surface area (TPSA) is 121 Å². The normalized spacial score (nSPS) is 14.3. The minimum Gasteiger partial charge on any atom is -0.382 e. The summed E-state index contributed by atoms with van der Waals surface area (Å²) in [6.45, 7) is 1.49. The molecule has 1 aromatic heterocycles. The molecule has 3 rings (SSSR count). The van der Waals surface area contributed by atoms with Crippen LogP contribution in [0.5, 0.6) is 0 Å². The average Bonchev–Trinajstić information content (AvgIpc) is 2.98. The summed E-state index contributed by atoms with van der Waals surface area (Å²) in [6.07, 6.45) is 4.24. The summed E-state index contributed by atoms with van der Waals surface area (Å²) in [5.41, 5.74) is 4.66. The first-order valence-corrected chi connectivity index (χ1v) is 10.3. The number of rotatable bonds is 5. The van der Waals surface area contributed by atoms with Gasteiger partial charge < -0.3 is 16.0 Å². The van der Waals surface area contributed by atoms with Crippen molar-refractivity contribution in [2.45, 2.75) is 30.8 Å². The minimum atomic E-state index is -0.807. The molecule has 0 radical (unpaired) electrons. The highest BCUT2D eigenvalue weighted by molar-refractivity contribution is 7.99. The highest BCUT2D eigenvalue weighted by Crippen LogP contribution is 2.19. The van der Waals surface area contributed by atoms with Crippen molar-refractivity contribution in [2.24, 2.45) is 0 Å². The van der Waals surface area contributed by atoms with Crippen molar-refractivity contribution in [3.63, 3.8) is 0 Å². The van der Waals surface area contributed by atoms with E-state index in [1.807, 2.05) is 4.90 Å². The fourth-order valence-electron chi connectivity index (χ4n) is 3.03. The van der Waals surface area contributed by atoms with Gasteiger partial charge in [0.25, 0.3) is 11.5 Å². The second kappa shape index (κ2) is 9.55. The number of aromatic amines is 1. The first-order chi connectivity index (χ1) is 14.0. The summed E-state index contributed by atoms with van der Waals surface area (Å²) >= 11 is 1.07. The van der Waals surface area contributed by atoms with Crippen LogP contribution < -0.4 is 16.6 Å². The number of hydrogen-bond acceptors (Lipinski definition) is 6. The smallest absolute Gasteiger partial charge is 0.277 e. The Morgan fingerprint density at radius 3 is 2.55 bits per heavy atom. The number of benzene rings is 1. The number of halogens is 1. The van der Waals surface area contributed by atoms with Crippen molar-refractivity contribution < 1.29 is 14.0 Å². The molecule has 0 atom stereocenters. The second-order valence-corrected chi connectivity index (χ2v) is 7.61. The Morgan fingerprint density at radius 2 is 1.90 bits per heavy atom. The second-order valence-electron chi connectivity index (χ2n) is 6.65. The first kappa shape index (κ1) is 20.8. The number of nitrogens with one attached hydrogen (secondary N) is 2. The van der Waals surface area contributed by atoms with Crippen LogP contribution in [0, 0.1) is 5.82 Å². The van der Waals surface area contributed by atoms with Gasteiger partial charge in [-0.05, 0) is 25.0 Å². The molecule has 1 saturated heterocycles. The van der Waals surface area contributed by atoms with E-state index < -0.39 is 17.3 Å². The van der Waals surface area contributed by atoms with E-state index in [2.05, 4.69) is 15.3 Å². The van der Waals surface area contributed by atoms with Crippen molar-refractivity contribution in [1.82, 2.24) is 14.9 Å². The number of carbonyl (C=O) groups excluding carboxylic acids is 2. The lowest BCUT2D eigenvalue weighted by atomic mass is 10.2. The Labute approximate surface area is 171 Å². The fraction of sp³-hybridized carbons (Fsp3) is 0.368. The molecule has 0 saturated carbocycles. The molecule has 4 N–H and O–H groups in total. The number of nitrogens with two attached hydrogens (primary N) is 1. The molecule has 0 bridgehead atoms. The average molecular weight is 419 g/mol. The SMILES string of the molecule is Nc1nc(SCC(=O)N2CCCCCC2)[nH]c(=O)c1NC(=O)c1ccccc1F. The number of nitrogen functional groups attached to an aromatic ring is 1. The number of nitrogens with zero attached hydrogens (tertiary/aromatic N) is 2. The number of amides is 2. The standard InChI is InChI=1S/C19H22FN5O3S/c20-13-8-4-3-7-12(13)17(27)22-15-16(21)23-19(24-18(15)28)29-11-14(26)25-9-5-1-2-6-10-25/h3-4,7-8H,1-2,5-6,9-11H2,(H,22,27)(H3,21,23,24,28). The molecule has 2 amide bonds. The molecule has 0 spiro atoms. The zero-order valence-corrected chi connectivity index (χ0v) is 16.6. The highest BCUT2D eigenvalue weighted by Gasteiger charge is 2.19. The Hall–Kier alpha value is -2.88. The molecule has 0 unspecified atom stereocenters. The first-order valence-electron chi connectivity index (χ1n) is 9.32. The summed E-state index contributed by atoms with van der Waals surface area (Å²) in [4.78, 5) is 45.2. The van der Waals surface area contributed by atoms with Gasteiger partial charge in [0.05, 0.1) is 11.3 Å². The van der Waals surface area contributed by atoms with Gasteiger partial charge in [-0.15, -0.1) is 0 Å². The van der Waals surface area contributed by atoms with Crippen molar-refractivity contribution in [3.8, 4) is 0 Å². The summed E-state index contributed by atoms with van der Waals surface area (Å²) in [5, 5.41) is 2.47. The molecule has 1 fully saturated rings.